The maximum absolute atomic E-state index is 7.97. The van der Waals surface area contributed by atoms with Crippen molar-refractivity contribution in [2.45, 2.75) is 12.5 Å². The molecule has 0 fully saturated rings. The molecular formula is C2H7BClNaO3. The second kappa shape index (κ2) is 6.36. The van der Waals surface area contributed by atoms with E-state index in [1.807, 2.05) is 0 Å². The van der Waals surface area contributed by atoms with E-state index in [1.165, 1.54) is 6.92 Å². The van der Waals surface area contributed by atoms with E-state index >= 15 is 0 Å². The van der Waals surface area contributed by atoms with Crippen molar-refractivity contribution >= 4 is 18.9 Å². The molecule has 0 spiro atoms. The van der Waals surface area contributed by atoms with Gasteiger partial charge in [-0.15, -0.1) is 0 Å². The molecule has 0 bridgehead atoms. The van der Waals surface area contributed by atoms with Gasteiger partial charge in [-0.25, -0.2) is 0 Å². The van der Waals surface area contributed by atoms with Gasteiger partial charge in [-0.1, -0.05) is 11.6 Å². The van der Waals surface area contributed by atoms with E-state index in [-0.39, 0.29) is 31.0 Å². The molecular weight excluding hydrogens is 141 g/mol. The molecule has 0 aromatic carbocycles. The molecule has 3 nitrogen and oxygen atoms in total. The average Bonchev–Trinajstić information content (AvgIpc) is 1.27. The fourth-order valence-corrected chi connectivity index (χ4v) is 0.260. The van der Waals surface area contributed by atoms with E-state index in [2.05, 4.69) is 4.65 Å². The summed E-state index contributed by atoms with van der Waals surface area (Å²) in [6.45, 7) is 1.49. The van der Waals surface area contributed by atoms with Crippen molar-refractivity contribution in [3.8, 4) is 0 Å². The predicted octanol–water partition coefficient (Wildman–Crippen LogP) is -3.33. The molecule has 0 aliphatic heterocycles. The van der Waals surface area contributed by atoms with Crippen molar-refractivity contribution in [3.63, 3.8) is 0 Å². The Morgan fingerprint density at radius 3 is 2.12 bits per heavy atom. The Labute approximate surface area is 76.9 Å². The van der Waals surface area contributed by atoms with E-state index in [9.17, 15) is 0 Å². The number of hydrogen-bond donors (Lipinski definition) is 2. The fraction of sp³-hybridized carbons (Fsp3) is 1.00. The molecule has 0 aromatic rings. The first-order valence-electron chi connectivity index (χ1n) is 1.78. The van der Waals surface area contributed by atoms with Gasteiger partial charge in [-0.2, -0.15) is 0 Å². The molecule has 6 heteroatoms. The molecule has 0 heterocycles. The van der Waals surface area contributed by atoms with Crippen LogP contribution in [0.4, 0.5) is 0 Å². The SMILES string of the molecule is CC(Cl)OB(O)O.[H-].[Na+]. The number of halogens is 1. The van der Waals surface area contributed by atoms with Gasteiger partial charge < -0.3 is 16.1 Å². The smallest absolute Gasteiger partial charge is 1.00 e. The van der Waals surface area contributed by atoms with Crippen LogP contribution in [0.5, 0.6) is 0 Å². The van der Waals surface area contributed by atoms with Crippen LogP contribution < -0.4 is 29.6 Å². The van der Waals surface area contributed by atoms with Crippen LogP contribution in [0.3, 0.4) is 0 Å². The van der Waals surface area contributed by atoms with Crippen molar-refractivity contribution in [1.82, 2.24) is 0 Å². The van der Waals surface area contributed by atoms with E-state index < -0.39 is 12.9 Å². The first kappa shape index (κ1) is 12.0. The minimum atomic E-state index is -1.76. The molecule has 0 aliphatic rings. The summed E-state index contributed by atoms with van der Waals surface area (Å²) in [6, 6.07) is 0. The zero-order chi connectivity index (χ0) is 5.86. The minimum Gasteiger partial charge on any atom is -1.00 e. The molecule has 0 amide bonds. The van der Waals surface area contributed by atoms with Crippen LogP contribution in [0, 0.1) is 0 Å². The average molecular weight is 148 g/mol. The van der Waals surface area contributed by atoms with Crippen LogP contribution in [0.1, 0.15) is 8.35 Å². The summed E-state index contributed by atoms with van der Waals surface area (Å²) in [6.07, 6.45) is 0. The zero-order valence-electron chi connectivity index (χ0n) is 5.84. The van der Waals surface area contributed by atoms with Gasteiger partial charge in [0, 0.05) is 0 Å². The number of alkyl halides is 1. The third kappa shape index (κ3) is 10.3. The molecule has 2 N–H and O–H groups in total. The van der Waals surface area contributed by atoms with Gasteiger partial charge in [0.2, 0.25) is 0 Å². The standard InChI is InChI=1S/C2H6BClO3.Na.H/c1-2(4)7-3(5)6;;/h2,5-6H,1H3;;/q;+1;-1. The predicted molar refractivity (Wildman–Crippen MR) is 27.7 cm³/mol. The van der Waals surface area contributed by atoms with Crippen LogP contribution >= 0.6 is 11.6 Å². The largest absolute Gasteiger partial charge is 1.00 e. The van der Waals surface area contributed by atoms with E-state index in [1.54, 1.807) is 0 Å². The molecule has 0 aromatic heterocycles. The van der Waals surface area contributed by atoms with Gasteiger partial charge in [0.1, 0.15) is 5.56 Å². The molecule has 0 radical (unpaired) electrons. The minimum absolute atomic E-state index is 0. The topological polar surface area (TPSA) is 49.7 Å². The first-order valence-corrected chi connectivity index (χ1v) is 2.22. The molecule has 44 valence electrons. The summed E-state index contributed by atoms with van der Waals surface area (Å²) < 4.78 is 4.13. The molecule has 1 atom stereocenters. The summed E-state index contributed by atoms with van der Waals surface area (Å²) in [5, 5.41) is 15.9. The number of hydrogen-bond acceptors (Lipinski definition) is 3. The molecule has 0 saturated carbocycles. The van der Waals surface area contributed by atoms with E-state index in [4.69, 9.17) is 21.6 Å². The van der Waals surface area contributed by atoms with Crippen LogP contribution in [-0.4, -0.2) is 22.9 Å². The quantitative estimate of drug-likeness (QED) is 0.318. The summed E-state index contributed by atoms with van der Waals surface area (Å²) in [5.74, 6) is 0. The van der Waals surface area contributed by atoms with Crippen LogP contribution in [0.25, 0.3) is 0 Å². The fourth-order valence-electron chi connectivity index (χ4n) is 0.168. The monoisotopic (exact) mass is 148 g/mol. The van der Waals surface area contributed by atoms with Gasteiger partial charge in [0.15, 0.2) is 0 Å². The van der Waals surface area contributed by atoms with E-state index in [0.717, 1.165) is 0 Å². The van der Waals surface area contributed by atoms with Crippen LogP contribution in [0.2, 0.25) is 0 Å². The Balaban J connectivity index is -0.000000180. The van der Waals surface area contributed by atoms with Gasteiger partial charge >= 0.3 is 36.9 Å². The Morgan fingerprint density at radius 1 is 1.75 bits per heavy atom. The second-order valence-electron chi connectivity index (χ2n) is 1.01. The maximum atomic E-state index is 7.97. The Bertz CT molecular complexity index is 51.1. The van der Waals surface area contributed by atoms with Crippen LogP contribution in [0.15, 0.2) is 0 Å². The van der Waals surface area contributed by atoms with Crippen molar-refractivity contribution in [3.05, 3.63) is 0 Å². The second-order valence-corrected chi connectivity index (χ2v) is 1.62. The van der Waals surface area contributed by atoms with Gasteiger partial charge in [0.05, 0.1) is 0 Å². The van der Waals surface area contributed by atoms with Gasteiger partial charge in [-0.3, -0.25) is 0 Å². The van der Waals surface area contributed by atoms with E-state index in [0.29, 0.717) is 0 Å². The summed E-state index contributed by atoms with van der Waals surface area (Å²) in [7, 11) is -1.76. The van der Waals surface area contributed by atoms with Crippen molar-refractivity contribution in [2.24, 2.45) is 0 Å². The normalized spacial score (nSPS) is 12.0. The van der Waals surface area contributed by atoms with Crippen molar-refractivity contribution < 1.29 is 45.7 Å². The summed E-state index contributed by atoms with van der Waals surface area (Å²) in [4.78, 5) is 0. The third-order valence-corrected chi connectivity index (χ3v) is 0.412. The molecule has 0 aliphatic carbocycles. The zero-order valence-corrected chi connectivity index (χ0v) is 7.59. The number of rotatable bonds is 2. The van der Waals surface area contributed by atoms with Gasteiger partial charge in [0.25, 0.3) is 0 Å². The Morgan fingerprint density at radius 2 is 2.12 bits per heavy atom. The van der Waals surface area contributed by atoms with Gasteiger partial charge in [-0.05, 0) is 6.92 Å². The molecule has 0 rings (SSSR count). The molecule has 8 heavy (non-hydrogen) atoms. The third-order valence-electron chi connectivity index (χ3n) is 0.309. The summed E-state index contributed by atoms with van der Waals surface area (Å²) in [5.41, 5.74) is -0.653. The van der Waals surface area contributed by atoms with Crippen LogP contribution in [-0.2, 0) is 4.65 Å². The first-order chi connectivity index (χ1) is 3.13. The Hall–Kier alpha value is 1.23. The maximum Gasteiger partial charge on any atom is 1.00 e. The van der Waals surface area contributed by atoms with Crippen molar-refractivity contribution in [2.75, 3.05) is 0 Å². The van der Waals surface area contributed by atoms with Crippen molar-refractivity contribution in [1.29, 1.82) is 0 Å². The molecule has 1 unspecified atom stereocenters. The summed E-state index contributed by atoms with van der Waals surface area (Å²) >= 11 is 5.13. The molecule has 0 saturated heterocycles. The Kier molecular flexibility index (Phi) is 9.51.